The van der Waals surface area contributed by atoms with Crippen molar-refractivity contribution in [2.75, 3.05) is 26.2 Å². The Hall–Kier alpha value is -0.390. The van der Waals surface area contributed by atoms with Crippen LogP contribution in [0.5, 0.6) is 0 Å². The molecule has 1 spiro atoms. The van der Waals surface area contributed by atoms with Crippen LogP contribution in [0.4, 0.5) is 0 Å². The number of nitrogens with one attached hydrogen (secondary N) is 1. The predicted octanol–water partition coefficient (Wildman–Crippen LogP) is 2.73. The minimum atomic E-state index is 0.192. The van der Waals surface area contributed by atoms with Gasteiger partial charge < -0.3 is 10.2 Å². The molecule has 1 amide bonds. The molecule has 18 heavy (non-hydrogen) atoms. The molecule has 0 aliphatic carbocycles. The monoisotopic (exact) mass is 328 g/mol. The average molecular weight is 329 g/mol. The number of likely N-dealkylation sites (tertiary alicyclic amines) is 1. The SMILES string of the molecule is O=C(c1sccc1Br)N1CCC2(CCNC2)CC1. The second-order valence-electron chi connectivity index (χ2n) is 5.32. The third-order valence-electron chi connectivity index (χ3n) is 4.25. The van der Waals surface area contributed by atoms with E-state index in [2.05, 4.69) is 21.2 Å². The molecule has 0 bridgehead atoms. The number of carbonyl (C=O) groups excluding carboxylic acids is 1. The molecule has 1 aromatic heterocycles. The van der Waals surface area contributed by atoms with Crippen molar-refractivity contribution < 1.29 is 4.79 Å². The fourth-order valence-corrected chi connectivity index (χ4v) is 4.50. The highest BCUT2D eigenvalue weighted by Gasteiger charge is 2.38. The molecule has 3 rings (SSSR count). The zero-order valence-electron chi connectivity index (χ0n) is 10.2. The van der Waals surface area contributed by atoms with Crippen LogP contribution >= 0.6 is 27.3 Å². The van der Waals surface area contributed by atoms with E-state index >= 15 is 0 Å². The van der Waals surface area contributed by atoms with E-state index in [4.69, 9.17) is 0 Å². The number of thiophene rings is 1. The van der Waals surface area contributed by atoms with Crippen LogP contribution in [-0.2, 0) is 0 Å². The number of rotatable bonds is 1. The first kappa shape index (κ1) is 12.6. The summed E-state index contributed by atoms with van der Waals surface area (Å²) in [6, 6.07) is 1.95. The summed E-state index contributed by atoms with van der Waals surface area (Å²) in [5.41, 5.74) is 0.476. The lowest BCUT2D eigenvalue weighted by Gasteiger charge is -2.38. The maximum absolute atomic E-state index is 12.4. The van der Waals surface area contributed by atoms with Gasteiger partial charge in [0.05, 0.1) is 0 Å². The molecule has 1 aromatic rings. The molecule has 2 fully saturated rings. The van der Waals surface area contributed by atoms with Gasteiger partial charge in [0.15, 0.2) is 0 Å². The zero-order chi connectivity index (χ0) is 12.6. The molecule has 2 saturated heterocycles. The molecule has 3 heterocycles. The van der Waals surface area contributed by atoms with Crippen molar-refractivity contribution in [2.24, 2.45) is 5.41 Å². The highest BCUT2D eigenvalue weighted by atomic mass is 79.9. The normalized spacial score (nSPS) is 22.6. The minimum absolute atomic E-state index is 0.192. The van der Waals surface area contributed by atoms with Gasteiger partial charge in [0.1, 0.15) is 4.88 Å². The topological polar surface area (TPSA) is 32.3 Å². The standard InChI is InChI=1S/C13H17BrN2OS/c14-10-1-8-18-11(10)12(17)16-6-3-13(4-7-16)2-5-15-9-13/h1,8,15H,2-7,9H2. The van der Waals surface area contributed by atoms with Gasteiger partial charge in [0, 0.05) is 24.1 Å². The molecule has 0 atom stereocenters. The van der Waals surface area contributed by atoms with E-state index in [0.29, 0.717) is 5.41 Å². The number of hydrogen-bond donors (Lipinski definition) is 1. The molecule has 0 radical (unpaired) electrons. The van der Waals surface area contributed by atoms with Crippen LogP contribution in [0.2, 0.25) is 0 Å². The van der Waals surface area contributed by atoms with Crippen LogP contribution in [0.3, 0.4) is 0 Å². The van der Waals surface area contributed by atoms with Gasteiger partial charge in [-0.2, -0.15) is 0 Å². The first-order chi connectivity index (χ1) is 8.70. The quantitative estimate of drug-likeness (QED) is 0.859. The van der Waals surface area contributed by atoms with Gasteiger partial charge >= 0.3 is 0 Å². The number of amides is 1. The summed E-state index contributed by atoms with van der Waals surface area (Å²) in [4.78, 5) is 15.2. The summed E-state index contributed by atoms with van der Waals surface area (Å²) in [5, 5.41) is 5.42. The Bertz CT molecular complexity index is 444. The van der Waals surface area contributed by atoms with Crippen LogP contribution in [-0.4, -0.2) is 37.0 Å². The molecule has 0 aromatic carbocycles. The van der Waals surface area contributed by atoms with Crippen LogP contribution in [0.25, 0.3) is 0 Å². The molecule has 5 heteroatoms. The van der Waals surface area contributed by atoms with Gasteiger partial charge in [-0.3, -0.25) is 4.79 Å². The van der Waals surface area contributed by atoms with E-state index in [0.717, 1.165) is 48.4 Å². The average Bonchev–Trinajstić information content (AvgIpc) is 2.99. The van der Waals surface area contributed by atoms with Gasteiger partial charge in [-0.05, 0) is 58.6 Å². The van der Waals surface area contributed by atoms with Crippen molar-refractivity contribution in [3.63, 3.8) is 0 Å². The van der Waals surface area contributed by atoms with Crippen molar-refractivity contribution in [1.29, 1.82) is 0 Å². The Balaban J connectivity index is 1.66. The maximum Gasteiger partial charge on any atom is 0.265 e. The number of hydrogen-bond acceptors (Lipinski definition) is 3. The van der Waals surface area contributed by atoms with E-state index in [1.165, 1.54) is 17.8 Å². The molecule has 2 aliphatic rings. The second kappa shape index (κ2) is 4.94. The lowest BCUT2D eigenvalue weighted by Crippen LogP contribution is -2.43. The lowest BCUT2D eigenvalue weighted by molar-refractivity contribution is 0.0611. The van der Waals surface area contributed by atoms with Gasteiger partial charge in [-0.15, -0.1) is 11.3 Å². The van der Waals surface area contributed by atoms with Gasteiger partial charge in [-0.25, -0.2) is 0 Å². The smallest absolute Gasteiger partial charge is 0.265 e. The predicted molar refractivity (Wildman–Crippen MR) is 77.1 cm³/mol. The largest absolute Gasteiger partial charge is 0.338 e. The van der Waals surface area contributed by atoms with Crippen LogP contribution < -0.4 is 5.32 Å². The third kappa shape index (κ3) is 2.24. The van der Waals surface area contributed by atoms with E-state index in [-0.39, 0.29) is 5.91 Å². The Morgan fingerprint density at radius 1 is 1.39 bits per heavy atom. The van der Waals surface area contributed by atoms with Crippen molar-refractivity contribution in [1.82, 2.24) is 10.2 Å². The molecule has 1 N–H and O–H groups in total. The lowest BCUT2D eigenvalue weighted by atomic mass is 9.78. The summed E-state index contributed by atoms with van der Waals surface area (Å²) in [6.07, 6.45) is 3.57. The van der Waals surface area contributed by atoms with Crippen LogP contribution in [0.1, 0.15) is 28.9 Å². The van der Waals surface area contributed by atoms with Gasteiger partial charge in [-0.1, -0.05) is 0 Å². The van der Waals surface area contributed by atoms with E-state index < -0.39 is 0 Å². The Morgan fingerprint density at radius 2 is 2.17 bits per heavy atom. The van der Waals surface area contributed by atoms with Crippen molar-refractivity contribution in [3.05, 3.63) is 20.8 Å². The summed E-state index contributed by atoms with van der Waals surface area (Å²) in [7, 11) is 0. The minimum Gasteiger partial charge on any atom is -0.338 e. The summed E-state index contributed by atoms with van der Waals surface area (Å²) in [6.45, 7) is 4.10. The number of carbonyl (C=O) groups is 1. The van der Waals surface area contributed by atoms with E-state index in [1.54, 1.807) is 0 Å². The maximum atomic E-state index is 12.4. The molecule has 2 aliphatic heterocycles. The highest BCUT2D eigenvalue weighted by molar-refractivity contribution is 9.10. The Labute approximate surface area is 120 Å². The zero-order valence-corrected chi connectivity index (χ0v) is 12.6. The molecule has 3 nitrogen and oxygen atoms in total. The summed E-state index contributed by atoms with van der Waals surface area (Å²) in [5.74, 6) is 0.192. The van der Waals surface area contributed by atoms with Crippen LogP contribution in [0, 0.1) is 5.41 Å². The van der Waals surface area contributed by atoms with E-state index in [1.807, 2.05) is 16.3 Å². The molecular weight excluding hydrogens is 312 g/mol. The van der Waals surface area contributed by atoms with Crippen molar-refractivity contribution >= 4 is 33.2 Å². The number of piperidine rings is 1. The molecular formula is C13H17BrN2OS. The number of nitrogens with zero attached hydrogens (tertiary/aromatic N) is 1. The van der Waals surface area contributed by atoms with Crippen LogP contribution in [0.15, 0.2) is 15.9 Å². The Kier molecular flexibility index (Phi) is 3.47. The molecule has 0 unspecified atom stereocenters. The van der Waals surface area contributed by atoms with Crippen molar-refractivity contribution in [2.45, 2.75) is 19.3 Å². The Morgan fingerprint density at radius 3 is 2.72 bits per heavy atom. The van der Waals surface area contributed by atoms with Crippen molar-refractivity contribution in [3.8, 4) is 0 Å². The highest BCUT2D eigenvalue weighted by Crippen LogP contribution is 2.37. The molecule has 0 saturated carbocycles. The number of halogens is 1. The molecule has 98 valence electrons. The fourth-order valence-electron chi connectivity index (χ4n) is 3.00. The third-order valence-corrected chi connectivity index (χ3v) is 6.08. The first-order valence-corrected chi connectivity index (χ1v) is 8.10. The first-order valence-electron chi connectivity index (χ1n) is 6.43. The van der Waals surface area contributed by atoms with Gasteiger partial charge in [0.25, 0.3) is 5.91 Å². The summed E-state index contributed by atoms with van der Waals surface area (Å²) < 4.78 is 0.931. The fraction of sp³-hybridized carbons (Fsp3) is 0.615. The van der Waals surface area contributed by atoms with Gasteiger partial charge in [0.2, 0.25) is 0 Å². The van der Waals surface area contributed by atoms with E-state index in [9.17, 15) is 4.79 Å². The second-order valence-corrected chi connectivity index (χ2v) is 7.09. The summed E-state index contributed by atoms with van der Waals surface area (Å²) >= 11 is 4.97.